The van der Waals surface area contributed by atoms with E-state index in [0.717, 1.165) is 5.56 Å². The van der Waals surface area contributed by atoms with Gasteiger partial charge in [-0.3, -0.25) is 5.32 Å². The molecule has 1 unspecified atom stereocenters. The third-order valence-corrected chi connectivity index (χ3v) is 5.46. The third-order valence-electron chi connectivity index (χ3n) is 5.22. The lowest BCUT2D eigenvalue weighted by Crippen LogP contribution is -2.32. The van der Waals surface area contributed by atoms with Crippen molar-refractivity contribution in [1.82, 2.24) is 10.3 Å². The topological polar surface area (TPSA) is 167 Å². The number of hydrogen-bond donors (Lipinski definition) is 4. The highest BCUT2D eigenvalue weighted by molar-refractivity contribution is 6.30. The Balaban J connectivity index is 1.75. The molecule has 10 nitrogen and oxygen atoms in total. The number of nitrogen functional groups attached to an aromatic ring is 2. The van der Waals surface area contributed by atoms with Gasteiger partial charge in [0.1, 0.15) is 35.9 Å². The van der Waals surface area contributed by atoms with Crippen LogP contribution in [0.15, 0.2) is 47.5 Å². The van der Waals surface area contributed by atoms with E-state index in [0.29, 0.717) is 46.7 Å². The Morgan fingerprint density at radius 1 is 1.14 bits per heavy atom. The van der Waals surface area contributed by atoms with Crippen LogP contribution in [-0.4, -0.2) is 17.6 Å². The van der Waals surface area contributed by atoms with Crippen molar-refractivity contribution in [3.8, 4) is 23.8 Å². The lowest BCUT2D eigenvalue weighted by Gasteiger charge is -2.26. The zero-order valence-electron chi connectivity index (χ0n) is 18.7. The van der Waals surface area contributed by atoms with Crippen molar-refractivity contribution in [2.45, 2.75) is 19.6 Å². The summed E-state index contributed by atoms with van der Waals surface area (Å²) in [5, 5.41) is 24.6. The summed E-state index contributed by atoms with van der Waals surface area (Å²) in [5.41, 5.74) is 14.5. The minimum atomic E-state index is -0.691. The maximum Gasteiger partial charge on any atom is 0.211 e. The molecule has 1 aliphatic rings. The average molecular weight is 489 g/mol. The van der Waals surface area contributed by atoms with Gasteiger partial charge in [0.2, 0.25) is 5.96 Å². The van der Waals surface area contributed by atoms with Gasteiger partial charge in [0.05, 0.1) is 12.3 Å². The molecular formula is C24H21ClN8O2. The van der Waals surface area contributed by atoms with Crippen molar-refractivity contribution >= 4 is 34.9 Å². The van der Waals surface area contributed by atoms with Crippen molar-refractivity contribution < 1.29 is 9.47 Å². The molecule has 2 aromatic carbocycles. The van der Waals surface area contributed by atoms with Gasteiger partial charge in [-0.25, -0.2) is 9.98 Å². The number of fused-ring (bicyclic) bond motifs is 1. The van der Waals surface area contributed by atoms with Crippen LogP contribution >= 0.6 is 11.6 Å². The van der Waals surface area contributed by atoms with E-state index in [1.54, 1.807) is 18.2 Å². The van der Waals surface area contributed by atoms with Crippen LogP contribution in [0.5, 0.6) is 11.5 Å². The SMILES string of the molecule is CCOc1cc(C2N=C(NC#N)Nc3nc(N)c(C#N)c(N)c32)ccc1OCc1cccc(Cl)c1. The van der Waals surface area contributed by atoms with Crippen molar-refractivity contribution in [2.24, 2.45) is 4.99 Å². The molecule has 1 atom stereocenters. The van der Waals surface area contributed by atoms with E-state index in [1.165, 1.54) is 0 Å². The van der Waals surface area contributed by atoms with Gasteiger partial charge in [-0.1, -0.05) is 29.8 Å². The molecule has 0 amide bonds. The summed E-state index contributed by atoms with van der Waals surface area (Å²) in [4.78, 5) is 8.84. The highest BCUT2D eigenvalue weighted by atomic mass is 35.5. The molecular weight excluding hydrogens is 468 g/mol. The molecule has 3 aromatic rings. The lowest BCUT2D eigenvalue weighted by molar-refractivity contribution is 0.269. The number of nitrogens with zero attached hydrogens (tertiary/aromatic N) is 4. The molecule has 0 fully saturated rings. The van der Waals surface area contributed by atoms with Crippen LogP contribution in [0.4, 0.5) is 17.3 Å². The number of ether oxygens (including phenoxy) is 2. The van der Waals surface area contributed by atoms with Crippen molar-refractivity contribution in [2.75, 3.05) is 23.4 Å². The first-order chi connectivity index (χ1) is 16.9. The average Bonchev–Trinajstić information content (AvgIpc) is 2.83. The Morgan fingerprint density at radius 3 is 2.69 bits per heavy atom. The lowest BCUT2D eigenvalue weighted by atomic mass is 9.95. The quantitative estimate of drug-likeness (QED) is 0.298. The van der Waals surface area contributed by atoms with Gasteiger partial charge in [0.25, 0.3) is 0 Å². The second-order valence-electron chi connectivity index (χ2n) is 7.46. The first kappa shape index (κ1) is 23.5. The number of halogens is 1. The number of nitrogens with two attached hydrogens (primary N) is 2. The smallest absolute Gasteiger partial charge is 0.211 e. The predicted molar refractivity (Wildman–Crippen MR) is 133 cm³/mol. The molecule has 176 valence electrons. The van der Waals surface area contributed by atoms with Gasteiger partial charge in [-0.2, -0.15) is 10.5 Å². The summed E-state index contributed by atoms with van der Waals surface area (Å²) in [7, 11) is 0. The van der Waals surface area contributed by atoms with E-state index in [1.807, 2.05) is 43.5 Å². The normalized spacial score (nSPS) is 13.9. The number of rotatable bonds is 6. The minimum absolute atomic E-state index is 0.0204. The highest BCUT2D eigenvalue weighted by Gasteiger charge is 2.30. The monoisotopic (exact) mass is 488 g/mol. The van der Waals surface area contributed by atoms with E-state index in [2.05, 4.69) is 20.6 Å². The number of nitrogens with one attached hydrogen (secondary N) is 2. The van der Waals surface area contributed by atoms with Gasteiger partial charge in [-0.15, -0.1) is 0 Å². The fourth-order valence-corrected chi connectivity index (χ4v) is 3.91. The zero-order valence-corrected chi connectivity index (χ0v) is 19.4. The molecule has 0 radical (unpaired) electrons. The summed E-state index contributed by atoms with van der Waals surface area (Å²) < 4.78 is 11.8. The standard InChI is InChI=1S/C24H21ClN8O2/c1-2-34-18-9-14(6-7-17(18)35-11-13-4-3-5-15(25)8-13)21-19-20(28)16(10-26)22(29)32-23(19)33-24(31-21)30-12-27/h3-9,21H,2,11H2,1H3,(H6,28,29,30,31,32,33). The van der Waals surface area contributed by atoms with Crippen LogP contribution in [0.25, 0.3) is 0 Å². The number of aromatic nitrogens is 1. The number of anilines is 3. The molecule has 1 aromatic heterocycles. The van der Waals surface area contributed by atoms with E-state index in [4.69, 9.17) is 37.8 Å². The molecule has 2 heterocycles. The first-order valence-electron chi connectivity index (χ1n) is 10.6. The molecule has 4 rings (SSSR count). The van der Waals surface area contributed by atoms with Crippen LogP contribution in [0.1, 0.15) is 35.2 Å². The molecule has 0 saturated heterocycles. The van der Waals surface area contributed by atoms with Gasteiger partial charge in [0, 0.05) is 10.6 Å². The van der Waals surface area contributed by atoms with Crippen LogP contribution in [0.3, 0.4) is 0 Å². The van der Waals surface area contributed by atoms with Crippen LogP contribution in [0, 0.1) is 22.8 Å². The third kappa shape index (κ3) is 4.83. The summed E-state index contributed by atoms with van der Waals surface area (Å²) in [5.74, 6) is 1.48. The molecule has 11 heteroatoms. The van der Waals surface area contributed by atoms with E-state index in [-0.39, 0.29) is 23.0 Å². The van der Waals surface area contributed by atoms with Gasteiger partial charge in [-0.05, 0) is 42.3 Å². The predicted octanol–water partition coefficient (Wildman–Crippen LogP) is 3.69. The largest absolute Gasteiger partial charge is 0.490 e. The molecule has 6 N–H and O–H groups in total. The van der Waals surface area contributed by atoms with Gasteiger partial charge in [0.15, 0.2) is 17.7 Å². The Labute approximate surface area is 206 Å². The number of hydrogen-bond acceptors (Lipinski definition) is 10. The van der Waals surface area contributed by atoms with Crippen LogP contribution in [0.2, 0.25) is 5.02 Å². The van der Waals surface area contributed by atoms with Crippen LogP contribution in [-0.2, 0) is 6.61 Å². The maximum absolute atomic E-state index is 9.51. The second-order valence-corrected chi connectivity index (χ2v) is 7.90. The Kier molecular flexibility index (Phi) is 6.76. The molecule has 0 spiro atoms. The van der Waals surface area contributed by atoms with Crippen molar-refractivity contribution in [3.05, 3.63) is 69.7 Å². The second kappa shape index (κ2) is 10.1. The Hall–Kier alpha value is -4.67. The molecule has 0 saturated carbocycles. The Bertz CT molecular complexity index is 1390. The molecule has 35 heavy (non-hydrogen) atoms. The number of pyridine rings is 1. The summed E-state index contributed by atoms with van der Waals surface area (Å²) in [6.07, 6.45) is 1.83. The summed E-state index contributed by atoms with van der Waals surface area (Å²) >= 11 is 6.07. The first-order valence-corrected chi connectivity index (χ1v) is 11.0. The van der Waals surface area contributed by atoms with Gasteiger partial charge < -0.3 is 26.3 Å². The van der Waals surface area contributed by atoms with E-state index >= 15 is 0 Å². The number of nitriles is 2. The fraction of sp³-hybridized carbons (Fsp3) is 0.167. The number of guanidine groups is 1. The van der Waals surface area contributed by atoms with Gasteiger partial charge >= 0.3 is 0 Å². The number of aliphatic imine (C=N–C) groups is 1. The van der Waals surface area contributed by atoms with Crippen LogP contribution < -0.4 is 31.6 Å². The molecule has 0 bridgehead atoms. The highest BCUT2D eigenvalue weighted by Crippen LogP contribution is 2.42. The molecule has 1 aliphatic heterocycles. The zero-order chi connectivity index (χ0) is 24.9. The number of benzene rings is 2. The van der Waals surface area contributed by atoms with E-state index in [9.17, 15) is 5.26 Å². The molecule has 0 aliphatic carbocycles. The minimum Gasteiger partial charge on any atom is -0.490 e. The van der Waals surface area contributed by atoms with Crippen molar-refractivity contribution in [1.29, 1.82) is 10.5 Å². The fourth-order valence-electron chi connectivity index (χ4n) is 3.69. The summed E-state index contributed by atoms with van der Waals surface area (Å²) in [6, 6.07) is 14.1. The maximum atomic E-state index is 9.51. The van der Waals surface area contributed by atoms with E-state index < -0.39 is 6.04 Å². The Morgan fingerprint density at radius 2 is 1.97 bits per heavy atom. The van der Waals surface area contributed by atoms with Crippen molar-refractivity contribution in [3.63, 3.8) is 0 Å². The summed E-state index contributed by atoms with van der Waals surface area (Å²) in [6.45, 7) is 2.57.